The number of hydrogen-bond donors (Lipinski definition) is 1. The van der Waals surface area contributed by atoms with Crippen molar-refractivity contribution in [2.45, 2.75) is 19.4 Å². The number of methoxy groups -OCH3 is 1. The van der Waals surface area contributed by atoms with Crippen LogP contribution in [0.3, 0.4) is 0 Å². The molecule has 17 heavy (non-hydrogen) atoms. The molecule has 0 radical (unpaired) electrons. The molecule has 1 rings (SSSR count). The van der Waals surface area contributed by atoms with Gasteiger partial charge in [0.2, 0.25) is 0 Å². The predicted octanol–water partition coefficient (Wildman–Crippen LogP) is 1.60. The molecule has 1 aromatic carbocycles. The zero-order chi connectivity index (χ0) is 13.1. The largest absolute Gasteiger partial charge is 0.494 e. The van der Waals surface area contributed by atoms with Gasteiger partial charge in [0.05, 0.1) is 13.7 Å². The Bertz CT molecular complexity index is 415. The van der Waals surface area contributed by atoms with Crippen LogP contribution in [0.4, 0.5) is 4.39 Å². The van der Waals surface area contributed by atoms with E-state index in [2.05, 4.69) is 0 Å². The second kappa shape index (κ2) is 5.14. The number of rotatable bonds is 4. The average Bonchev–Trinajstić information content (AvgIpc) is 2.29. The lowest BCUT2D eigenvalue weighted by molar-refractivity contribution is -0.164. The minimum absolute atomic E-state index is 0.0495. The fraction of sp³-hybridized carbons (Fsp3) is 0.417. The third-order valence-corrected chi connectivity index (χ3v) is 2.39. The summed E-state index contributed by atoms with van der Waals surface area (Å²) in [6.07, 6.45) is 0. The van der Waals surface area contributed by atoms with E-state index in [1.165, 1.54) is 26.2 Å². The first-order valence-corrected chi connectivity index (χ1v) is 5.17. The Kier molecular flexibility index (Phi) is 4.07. The monoisotopic (exact) mass is 242 g/mol. The number of hydrogen-bond acceptors (Lipinski definition) is 4. The minimum Gasteiger partial charge on any atom is -0.494 e. The molecule has 1 N–H and O–H groups in total. The molecule has 0 fully saturated rings. The zero-order valence-electron chi connectivity index (χ0n) is 9.99. The highest BCUT2D eigenvalue weighted by Crippen LogP contribution is 2.26. The van der Waals surface area contributed by atoms with Crippen molar-refractivity contribution in [1.29, 1.82) is 0 Å². The normalized spacial score (nSPS) is 13.9. The maximum Gasteiger partial charge on any atom is 0.342 e. The number of esters is 1. The van der Waals surface area contributed by atoms with Crippen molar-refractivity contribution in [3.05, 3.63) is 29.6 Å². The first-order valence-electron chi connectivity index (χ1n) is 5.17. The highest BCUT2D eigenvalue weighted by atomic mass is 19.1. The average molecular weight is 242 g/mol. The van der Waals surface area contributed by atoms with Crippen molar-refractivity contribution < 1.29 is 23.8 Å². The highest BCUT2D eigenvalue weighted by Gasteiger charge is 2.34. The van der Waals surface area contributed by atoms with Crippen molar-refractivity contribution >= 4 is 5.97 Å². The third kappa shape index (κ3) is 2.74. The summed E-state index contributed by atoms with van der Waals surface area (Å²) in [5.41, 5.74) is -1.75. The Hall–Kier alpha value is -1.62. The summed E-state index contributed by atoms with van der Waals surface area (Å²) >= 11 is 0. The van der Waals surface area contributed by atoms with Gasteiger partial charge in [-0.3, -0.25) is 0 Å². The molecule has 0 aromatic heterocycles. The maximum absolute atomic E-state index is 13.4. The van der Waals surface area contributed by atoms with Crippen molar-refractivity contribution in [3.63, 3.8) is 0 Å². The fourth-order valence-electron chi connectivity index (χ4n) is 1.36. The summed E-state index contributed by atoms with van der Waals surface area (Å²) in [6.45, 7) is 3.03. The van der Waals surface area contributed by atoms with E-state index < -0.39 is 17.4 Å². The van der Waals surface area contributed by atoms with E-state index in [0.717, 1.165) is 6.07 Å². The van der Waals surface area contributed by atoms with Gasteiger partial charge >= 0.3 is 5.97 Å². The van der Waals surface area contributed by atoms with Gasteiger partial charge in [-0.05, 0) is 31.5 Å². The Morgan fingerprint density at radius 2 is 2.18 bits per heavy atom. The van der Waals surface area contributed by atoms with E-state index in [4.69, 9.17) is 9.47 Å². The third-order valence-electron chi connectivity index (χ3n) is 2.39. The van der Waals surface area contributed by atoms with Crippen LogP contribution < -0.4 is 4.74 Å². The highest BCUT2D eigenvalue weighted by molar-refractivity contribution is 5.80. The number of benzene rings is 1. The summed E-state index contributed by atoms with van der Waals surface area (Å²) < 4.78 is 22.9. The topological polar surface area (TPSA) is 55.8 Å². The van der Waals surface area contributed by atoms with E-state index >= 15 is 0 Å². The van der Waals surface area contributed by atoms with Crippen LogP contribution in [-0.4, -0.2) is 24.8 Å². The van der Waals surface area contributed by atoms with Gasteiger partial charge in [-0.25, -0.2) is 9.18 Å². The van der Waals surface area contributed by atoms with E-state index in [-0.39, 0.29) is 17.9 Å². The van der Waals surface area contributed by atoms with Crippen LogP contribution >= 0.6 is 0 Å². The van der Waals surface area contributed by atoms with Crippen LogP contribution in [0, 0.1) is 5.82 Å². The number of halogens is 1. The molecule has 94 valence electrons. The first kappa shape index (κ1) is 13.4. The quantitative estimate of drug-likeness (QED) is 0.815. The number of carbonyl (C=O) groups is 1. The van der Waals surface area contributed by atoms with E-state index in [1.54, 1.807) is 6.92 Å². The van der Waals surface area contributed by atoms with Crippen LogP contribution in [0.15, 0.2) is 18.2 Å². The number of aliphatic hydroxyl groups is 1. The molecule has 0 amide bonds. The second-order valence-corrected chi connectivity index (χ2v) is 3.64. The Morgan fingerprint density at radius 3 is 2.65 bits per heavy atom. The lowest BCUT2D eigenvalue weighted by atomic mass is 9.96. The predicted molar refractivity (Wildman–Crippen MR) is 59.2 cm³/mol. The summed E-state index contributed by atoms with van der Waals surface area (Å²) in [5.74, 6) is -1.41. The van der Waals surface area contributed by atoms with Gasteiger partial charge in [0, 0.05) is 0 Å². The van der Waals surface area contributed by atoms with Crippen LogP contribution in [0.1, 0.15) is 19.4 Å². The second-order valence-electron chi connectivity index (χ2n) is 3.64. The lowest BCUT2D eigenvalue weighted by Crippen LogP contribution is -2.34. The van der Waals surface area contributed by atoms with Crippen LogP contribution in [0.2, 0.25) is 0 Å². The molecule has 1 unspecified atom stereocenters. The molecule has 5 heteroatoms. The molecule has 0 bridgehead atoms. The number of ether oxygens (including phenoxy) is 2. The molecule has 0 spiro atoms. The Balaban J connectivity index is 3.07. The van der Waals surface area contributed by atoms with Crippen LogP contribution in [0.25, 0.3) is 0 Å². The molecule has 0 saturated carbocycles. The van der Waals surface area contributed by atoms with Crippen molar-refractivity contribution in [3.8, 4) is 5.75 Å². The molecule has 0 aliphatic heterocycles. The van der Waals surface area contributed by atoms with Crippen molar-refractivity contribution in [2.75, 3.05) is 13.7 Å². The number of carbonyl (C=O) groups excluding carboxylic acids is 1. The van der Waals surface area contributed by atoms with Gasteiger partial charge in [-0.1, -0.05) is 6.07 Å². The van der Waals surface area contributed by atoms with Gasteiger partial charge in [0.15, 0.2) is 17.2 Å². The van der Waals surface area contributed by atoms with Crippen LogP contribution in [-0.2, 0) is 15.1 Å². The van der Waals surface area contributed by atoms with Crippen molar-refractivity contribution in [1.82, 2.24) is 0 Å². The minimum atomic E-state index is -1.87. The Labute approximate surface area is 99.0 Å². The van der Waals surface area contributed by atoms with Gasteiger partial charge < -0.3 is 14.6 Å². The molecule has 0 aliphatic carbocycles. The SMILES string of the molecule is CCOC(=O)C(C)(O)c1ccc(OC)c(F)c1. The molecule has 0 aliphatic rings. The zero-order valence-corrected chi connectivity index (χ0v) is 9.99. The molecule has 1 atom stereocenters. The van der Waals surface area contributed by atoms with E-state index in [1.807, 2.05) is 0 Å². The van der Waals surface area contributed by atoms with E-state index in [9.17, 15) is 14.3 Å². The van der Waals surface area contributed by atoms with Gasteiger partial charge in [-0.2, -0.15) is 0 Å². The van der Waals surface area contributed by atoms with Gasteiger partial charge in [0.1, 0.15) is 0 Å². The molecule has 0 heterocycles. The van der Waals surface area contributed by atoms with Crippen molar-refractivity contribution in [2.24, 2.45) is 0 Å². The van der Waals surface area contributed by atoms with E-state index in [0.29, 0.717) is 0 Å². The fourth-order valence-corrected chi connectivity index (χ4v) is 1.36. The van der Waals surface area contributed by atoms with Crippen LogP contribution in [0.5, 0.6) is 5.75 Å². The molecule has 0 saturated heterocycles. The summed E-state index contributed by atoms with van der Waals surface area (Å²) in [4.78, 5) is 11.5. The first-order chi connectivity index (χ1) is 7.93. The van der Waals surface area contributed by atoms with Gasteiger partial charge in [0.25, 0.3) is 0 Å². The standard InChI is InChI=1S/C12H15FO4/c1-4-17-11(14)12(2,15)8-5-6-10(16-3)9(13)7-8/h5-7,15H,4H2,1-3H3. The Morgan fingerprint density at radius 1 is 1.53 bits per heavy atom. The lowest BCUT2D eigenvalue weighted by Gasteiger charge is -2.21. The summed E-state index contributed by atoms with van der Waals surface area (Å²) in [7, 11) is 1.33. The molecule has 4 nitrogen and oxygen atoms in total. The maximum atomic E-state index is 13.4. The smallest absolute Gasteiger partial charge is 0.342 e. The molecular formula is C12H15FO4. The van der Waals surface area contributed by atoms with Gasteiger partial charge in [-0.15, -0.1) is 0 Å². The summed E-state index contributed by atoms with van der Waals surface area (Å²) in [5, 5.41) is 9.99. The molecular weight excluding hydrogens is 227 g/mol. The summed E-state index contributed by atoms with van der Waals surface area (Å²) in [6, 6.07) is 3.81. The molecule has 1 aromatic rings.